The van der Waals surface area contributed by atoms with Crippen LogP contribution in [-0.2, 0) is 13.1 Å². The molecule has 0 spiro atoms. The zero-order chi connectivity index (χ0) is 18.7. The highest BCUT2D eigenvalue weighted by molar-refractivity contribution is 5.40. The van der Waals surface area contributed by atoms with Gasteiger partial charge < -0.3 is 4.74 Å². The lowest BCUT2D eigenvalue weighted by Gasteiger charge is -2.17. The predicted octanol–water partition coefficient (Wildman–Crippen LogP) is 3.24. The number of hydrogen-bond donors (Lipinski definition) is 0. The van der Waals surface area contributed by atoms with E-state index in [0.717, 1.165) is 11.3 Å². The first-order valence-corrected chi connectivity index (χ1v) is 8.13. The number of benzene rings is 1. The van der Waals surface area contributed by atoms with Crippen molar-refractivity contribution in [2.75, 3.05) is 7.05 Å². The van der Waals surface area contributed by atoms with E-state index < -0.39 is 6.61 Å². The molecule has 0 bridgehead atoms. The summed E-state index contributed by atoms with van der Waals surface area (Å²) in [5, 5.41) is 0. The Labute approximate surface area is 149 Å². The Morgan fingerprint density at radius 3 is 2.58 bits per heavy atom. The second-order valence-electron chi connectivity index (χ2n) is 6.14. The van der Waals surface area contributed by atoms with Crippen molar-refractivity contribution in [3.05, 3.63) is 75.8 Å². The summed E-state index contributed by atoms with van der Waals surface area (Å²) in [6.45, 7) is 0.118. The molecule has 0 aliphatic carbocycles. The summed E-state index contributed by atoms with van der Waals surface area (Å²) in [5.41, 5.74) is 2.98. The van der Waals surface area contributed by atoms with Gasteiger partial charge in [0.2, 0.25) is 0 Å². The Balaban J connectivity index is 1.71. The number of ether oxygens (including phenoxy) is 1. The second-order valence-corrected chi connectivity index (χ2v) is 6.14. The summed E-state index contributed by atoms with van der Waals surface area (Å²) in [6.07, 6.45) is 0. The second kappa shape index (κ2) is 7.61. The molecule has 0 aliphatic rings. The Morgan fingerprint density at radius 1 is 1.15 bits per heavy atom. The molecule has 0 fully saturated rings. The molecule has 0 amide bonds. The van der Waals surface area contributed by atoms with Crippen LogP contribution in [0.4, 0.5) is 8.78 Å². The molecule has 0 saturated carbocycles. The molecule has 7 heteroatoms. The molecule has 1 aromatic carbocycles. The van der Waals surface area contributed by atoms with Crippen LogP contribution in [0.25, 0.3) is 5.65 Å². The molecule has 0 unspecified atom stereocenters. The van der Waals surface area contributed by atoms with E-state index in [0.29, 0.717) is 24.4 Å². The zero-order valence-electron chi connectivity index (χ0n) is 14.5. The standard InChI is InChI=1S/C19H19F2N3O2/c1-13-4-3-5-17-22-15(10-18(25)24(13)17)12-23(2)11-14-6-8-16(9-7-14)26-19(20)21/h3-10,19H,11-12H2,1-2H3. The summed E-state index contributed by atoms with van der Waals surface area (Å²) < 4.78 is 30.3. The molecule has 136 valence electrons. The van der Waals surface area contributed by atoms with Gasteiger partial charge in [-0.2, -0.15) is 8.78 Å². The number of pyridine rings is 1. The monoisotopic (exact) mass is 359 g/mol. The maximum atomic E-state index is 12.3. The fourth-order valence-corrected chi connectivity index (χ4v) is 2.87. The number of alkyl halides is 2. The van der Waals surface area contributed by atoms with Crippen molar-refractivity contribution in [2.45, 2.75) is 26.6 Å². The zero-order valence-corrected chi connectivity index (χ0v) is 14.5. The minimum atomic E-state index is -2.83. The first-order valence-electron chi connectivity index (χ1n) is 8.13. The molecule has 5 nitrogen and oxygen atoms in total. The fourth-order valence-electron chi connectivity index (χ4n) is 2.87. The molecule has 0 atom stereocenters. The highest BCUT2D eigenvalue weighted by Gasteiger charge is 2.08. The highest BCUT2D eigenvalue weighted by Crippen LogP contribution is 2.16. The maximum absolute atomic E-state index is 12.3. The molecule has 26 heavy (non-hydrogen) atoms. The van der Waals surface area contributed by atoms with Crippen LogP contribution in [0.2, 0.25) is 0 Å². The molecular formula is C19H19F2N3O2. The molecule has 0 aliphatic heterocycles. The first kappa shape index (κ1) is 18.0. The minimum Gasteiger partial charge on any atom is -0.435 e. The van der Waals surface area contributed by atoms with Gasteiger partial charge in [-0.15, -0.1) is 0 Å². The van der Waals surface area contributed by atoms with Gasteiger partial charge in [-0.25, -0.2) is 4.98 Å². The third kappa shape index (κ3) is 4.23. The number of aromatic nitrogens is 2. The molecule has 0 radical (unpaired) electrons. The van der Waals surface area contributed by atoms with Crippen molar-refractivity contribution in [1.29, 1.82) is 0 Å². The normalized spacial score (nSPS) is 11.5. The van der Waals surface area contributed by atoms with E-state index in [1.807, 2.05) is 31.0 Å². The molecule has 0 N–H and O–H groups in total. The topological polar surface area (TPSA) is 46.8 Å². The molecule has 2 aromatic heterocycles. The Bertz CT molecular complexity index is 955. The summed E-state index contributed by atoms with van der Waals surface area (Å²) in [7, 11) is 1.91. The molecule has 2 heterocycles. The van der Waals surface area contributed by atoms with Crippen LogP contribution in [0.3, 0.4) is 0 Å². The highest BCUT2D eigenvalue weighted by atomic mass is 19.3. The average molecular weight is 359 g/mol. The smallest absolute Gasteiger partial charge is 0.387 e. The lowest BCUT2D eigenvalue weighted by molar-refractivity contribution is -0.0498. The van der Waals surface area contributed by atoms with E-state index in [9.17, 15) is 13.6 Å². The summed E-state index contributed by atoms with van der Waals surface area (Å²) in [5.74, 6) is 0.131. The van der Waals surface area contributed by atoms with Crippen molar-refractivity contribution in [3.63, 3.8) is 0 Å². The maximum Gasteiger partial charge on any atom is 0.387 e. The summed E-state index contributed by atoms with van der Waals surface area (Å²) in [4.78, 5) is 18.9. The van der Waals surface area contributed by atoms with Gasteiger partial charge in [-0.1, -0.05) is 18.2 Å². The first-order chi connectivity index (χ1) is 12.4. The van der Waals surface area contributed by atoms with Crippen molar-refractivity contribution in [2.24, 2.45) is 0 Å². The average Bonchev–Trinajstić information content (AvgIpc) is 2.56. The number of rotatable bonds is 6. The van der Waals surface area contributed by atoms with Crippen LogP contribution < -0.4 is 10.3 Å². The van der Waals surface area contributed by atoms with Gasteiger partial charge in [0, 0.05) is 24.8 Å². The van der Waals surface area contributed by atoms with E-state index >= 15 is 0 Å². The number of aryl methyl sites for hydroxylation is 1. The SMILES string of the molecule is Cc1cccc2nc(CN(C)Cc3ccc(OC(F)F)cc3)cc(=O)n12. The Kier molecular flexibility index (Phi) is 5.27. The van der Waals surface area contributed by atoms with Crippen molar-refractivity contribution in [1.82, 2.24) is 14.3 Å². The summed E-state index contributed by atoms with van der Waals surface area (Å²) in [6, 6.07) is 13.6. The van der Waals surface area contributed by atoms with Crippen molar-refractivity contribution < 1.29 is 13.5 Å². The fraction of sp³-hybridized carbons (Fsp3) is 0.263. The lowest BCUT2D eigenvalue weighted by Crippen LogP contribution is -2.22. The molecule has 3 aromatic rings. The van der Waals surface area contributed by atoms with Crippen LogP contribution in [0, 0.1) is 6.92 Å². The lowest BCUT2D eigenvalue weighted by atomic mass is 10.2. The number of hydrogen-bond acceptors (Lipinski definition) is 4. The minimum absolute atomic E-state index is 0.106. The Hall–Kier alpha value is -2.80. The van der Waals surface area contributed by atoms with Crippen LogP contribution in [0.15, 0.2) is 53.3 Å². The number of nitrogens with zero attached hydrogens (tertiary/aromatic N) is 3. The van der Waals surface area contributed by atoms with Gasteiger partial charge in [0.05, 0.1) is 5.69 Å². The van der Waals surface area contributed by atoms with Crippen LogP contribution >= 0.6 is 0 Å². The van der Waals surface area contributed by atoms with Crippen LogP contribution in [0.1, 0.15) is 17.0 Å². The number of halogens is 2. The van der Waals surface area contributed by atoms with Crippen molar-refractivity contribution >= 4 is 5.65 Å². The van der Waals surface area contributed by atoms with Crippen LogP contribution in [0.5, 0.6) is 5.75 Å². The molecular weight excluding hydrogens is 340 g/mol. The Morgan fingerprint density at radius 2 is 1.88 bits per heavy atom. The number of fused-ring (bicyclic) bond motifs is 1. The van der Waals surface area contributed by atoms with Gasteiger partial charge in [0.15, 0.2) is 0 Å². The largest absolute Gasteiger partial charge is 0.435 e. The van der Waals surface area contributed by atoms with E-state index in [4.69, 9.17) is 0 Å². The third-order valence-electron chi connectivity index (χ3n) is 3.97. The third-order valence-corrected chi connectivity index (χ3v) is 3.97. The van der Waals surface area contributed by atoms with Gasteiger partial charge in [0.25, 0.3) is 5.56 Å². The molecule has 0 saturated heterocycles. The van der Waals surface area contributed by atoms with Crippen molar-refractivity contribution in [3.8, 4) is 5.75 Å². The van der Waals surface area contributed by atoms with Gasteiger partial charge in [-0.05, 0) is 43.8 Å². The van der Waals surface area contributed by atoms with Gasteiger partial charge >= 0.3 is 6.61 Å². The van der Waals surface area contributed by atoms with Gasteiger partial charge in [0.1, 0.15) is 11.4 Å². The van der Waals surface area contributed by atoms with E-state index in [2.05, 4.69) is 9.72 Å². The molecule has 3 rings (SSSR count). The summed E-state index contributed by atoms with van der Waals surface area (Å²) >= 11 is 0. The van der Waals surface area contributed by atoms with Gasteiger partial charge in [-0.3, -0.25) is 14.1 Å². The van der Waals surface area contributed by atoms with E-state index in [-0.39, 0.29) is 11.3 Å². The quantitative estimate of drug-likeness (QED) is 0.678. The van der Waals surface area contributed by atoms with E-state index in [1.54, 1.807) is 22.6 Å². The predicted molar refractivity (Wildman–Crippen MR) is 94.4 cm³/mol. The van der Waals surface area contributed by atoms with E-state index in [1.165, 1.54) is 18.2 Å². The van der Waals surface area contributed by atoms with Crippen LogP contribution in [-0.4, -0.2) is 27.9 Å².